The van der Waals surface area contributed by atoms with Gasteiger partial charge in [0.25, 0.3) is 5.91 Å². The lowest BCUT2D eigenvalue weighted by Gasteiger charge is -2.24. The number of para-hydroxylation sites is 2. The molecule has 4 amide bonds. The first-order valence-corrected chi connectivity index (χ1v) is 8.22. The lowest BCUT2D eigenvalue weighted by molar-refractivity contribution is -0.120. The standard InChI is InChI=1S/C19H15N3O3/c23-16-15-10-19(13-8-4-5-9-14(13)20-17(19)24)11-21(15)18(25)22(16)12-6-2-1-3-7-12/h1-9,15H,10-11H2,(H,20,24)/t15-,19+/m0/s1. The van der Waals surface area contributed by atoms with Gasteiger partial charge in [0.15, 0.2) is 0 Å². The molecule has 0 bridgehead atoms. The van der Waals surface area contributed by atoms with Crippen LogP contribution >= 0.6 is 0 Å². The maximum Gasteiger partial charge on any atom is 0.332 e. The molecule has 6 nitrogen and oxygen atoms in total. The number of nitrogens with zero attached hydrogens (tertiary/aromatic N) is 2. The lowest BCUT2D eigenvalue weighted by Crippen LogP contribution is -2.42. The highest BCUT2D eigenvalue weighted by molar-refractivity contribution is 6.22. The van der Waals surface area contributed by atoms with E-state index in [2.05, 4.69) is 5.32 Å². The van der Waals surface area contributed by atoms with Crippen LogP contribution in [-0.4, -0.2) is 35.3 Å². The van der Waals surface area contributed by atoms with Crippen LogP contribution in [0.3, 0.4) is 0 Å². The van der Waals surface area contributed by atoms with Crippen LogP contribution in [0.4, 0.5) is 16.2 Å². The molecular weight excluding hydrogens is 318 g/mol. The van der Waals surface area contributed by atoms with Crippen LogP contribution in [0.5, 0.6) is 0 Å². The van der Waals surface area contributed by atoms with Gasteiger partial charge in [0.05, 0.1) is 11.1 Å². The second-order valence-corrected chi connectivity index (χ2v) is 6.72. The first kappa shape index (κ1) is 14.2. The van der Waals surface area contributed by atoms with E-state index in [9.17, 15) is 14.4 Å². The first-order chi connectivity index (χ1) is 12.1. The molecule has 0 aliphatic carbocycles. The zero-order valence-corrected chi connectivity index (χ0v) is 13.3. The second kappa shape index (κ2) is 4.69. The third-order valence-corrected chi connectivity index (χ3v) is 5.44. The number of carbonyl (C=O) groups excluding carboxylic acids is 3. The Bertz CT molecular complexity index is 901. The molecule has 0 aromatic heterocycles. The predicted octanol–water partition coefficient (Wildman–Crippen LogP) is 2.12. The highest BCUT2D eigenvalue weighted by atomic mass is 16.2. The Labute approximate surface area is 144 Å². The minimum atomic E-state index is -0.824. The van der Waals surface area contributed by atoms with Crippen molar-refractivity contribution in [1.82, 2.24) is 4.90 Å². The van der Waals surface area contributed by atoms with Crippen molar-refractivity contribution in [1.29, 1.82) is 0 Å². The van der Waals surface area contributed by atoms with Crippen molar-refractivity contribution in [3.63, 3.8) is 0 Å². The van der Waals surface area contributed by atoms with E-state index in [1.165, 1.54) is 9.80 Å². The van der Waals surface area contributed by atoms with Crippen LogP contribution in [0.1, 0.15) is 12.0 Å². The summed E-state index contributed by atoms with van der Waals surface area (Å²) < 4.78 is 0. The van der Waals surface area contributed by atoms with Crippen molar-refractivity contribution in [2.45, 2.75) is 17.9 Å². The molecule has 3 aliphatic heterocycles. The Morgan fingerprint density at radius 3 is 2.44 bits per heavy atom. The molecule has 2 saturated heterocycles. The van der Waals surface area contributed by atoms with Crippen LogP contribution in [0, 0.1) is 0 Å². The largest absolute Gasteiger partial charge is 0.332 e. The molecule has 0 unspecified atom stereocenters. The fourth-order valence-corrected chi connectivity index (χ4v) is 4.25. The predicted molar refractivity (Wildman–Crippen MR) is 91.2 cm³/mol. The van der Waals surface area contributed by atoms with E-state index in [0.717, 1.165) is 11.3 Å². The van der Waals surface area contributed by atoms with Crippen molar-refractivity contribution in [2.75, 3.05) is 16.8 Å². The van der Waals surface area contributed by atoms with Gasteiger partial charge in [0.1, 0.15) is 6.04 Å². The van der Waals surface area contributed by atoms with Gasteiger partial charge >= 0.3 is 6.03 Å². The molecule has 2 aromatic carbocycles. The molecule has 2 fully saturated rings. The van der Waals surface area contributed by atoms with E-state index in [1.54, 1.807) is 24.3 Å². The van der Waals surface area contributed by atoms with Crippen molar-refractivity contribution in [2.24, 2.45) is 0 Å². The molecule has 1 spiro atoms. The Morgan fingerprint density at radius 1 is 0.960 bits per heavy atom. The SMILES string of the molecule is O=C1[C@@H]2C[C@]3(CN2C(=O)N1c1ccccc1)C(=O)Nc1ccccc13. The van der Waals surface area contributed by atoms with Gasteiger partial charge in [-0.3, -0.25) is 9.59 Å². The average Bonchev–Trinajstić information content (AvgIpc) is 3.23. The van der Waals surface area contributed by atoms with Crippen molar-refractivity contribution >= 4 is 29.2 Å². The van der Waals surface area contributed by atoms with Crippen molar-refractivity contribution < 1.29 is 14.4 Å². The minimum Gasteiger partial charge on any atom is -0.325 e. The second-order valence-electron chi connectivity index (χ2n) is 6.72. The van der Waals surface area contributed by atoms with Gasteiger partial charge in [-0.05, 0) is 30.2 Å². The smallest absolute Gasteiger partial charge is 0.325 e. The minimum absolute atomic E-state index is 0.130. The van der Waals surface area contributed by atoms with E-state index in [1.807, 2.05) is 30.3 Å². The number of imide groups is 1. The number of hydrogen-bond donors (Lipinski definition) is 1. The molecular formula is C19H15N3O3. The van der Waals surface area contributed by atoms with Crippen LogP contribution in [0.25, 0.3) is 0 Å². The van der Waals surface area contributed by atoms with Gasteiger partial charge < -0.3 is 10.2 Å². The lowest BCUT2D eigenvalue weighted by atomic mass is 9.79. The third kappa shape index (κ3) is 1.71. The first-order valence-electron chi connectivity index (χ1n) is 8.22. The third-order valence-electron chi connectivity index (χ3n) is 5.44. The van der Waals surface area contributed by atoms with Crippen molar-refractivity contribution in [3.05, 3.63) is 60.2 Å². The van der Waals surface area contributed by atoms with Crippen LogP contribution in [0.2, 0.25) is 0 Å². The van der Waals surface area contributed by atoms with Crippen LogP contribution < -0.4 is 10.2 Å². The summed E-state index contributed by atoms with van der Waals surface area (Å²) >= 11 is 0. The Hall–Kier alpha value is -3.15. The topological polar surface area (TPSA) is 69.7 Å². The Balaban J connectivity index is 1.54. The molecule has 6 heteroatoms. The maximum atomic E-state index is 12.9. The van der Waals surface area contributed by atoms with Gasteiger partial charge in [0, 0.05) is 12.2 Å². The Kier molecular flexibility index (Phi) is 2.67. The zero-order valence-electron chi connectivity index (χ0n) is 13.3. The summed E-state index contributed by atoms with van der Waals surface area (Å²) in [6.07, 6.45) is 0.323. The quantitative estimate of drug-likeness (QED) is 0.813. The Morgan fingerprint density at radius 2 is 1.68 bits per heavy atom. The summed E-state index contributed by atoms with van der Waals surface area (Å²) in [4.78, 5) is 41.2. The number of rotatable bonds is 1. The molecule has 2 aromatic rings. The van der Waals surface area contributed by atoms with Crippen LogP contribution in [-0.2, 0) is 15.0 Å². The summed E-state index contributed by atoms with van der Waals surface area (Å²) in [5.41, 5.74) is 1.39. The van der Waals surface area contributed by atoms with Gasteiger partial charge in [-0.15, -0.1) is 0 Å². The van der Waals surface area contributed by atoms with E-state index in [-0.39, 0.29) is 24.4 Å². The molecule has 3 aliphatic rings. The molecule has 0 radical (unpaired) electrons. The highest BCUT2D eigenvalue weighted by Gasteiger charge is 2.62. The number of nitrogens with one attached hydrogen (secondary N) is 1. The molecule has 3 heterocycles. The van der Waals surface area contributed by atoms with E-state index in [0.29, 0.717) is 12.1 Å². The summed E-state index contributed by atoms with van der Waals surface area (Å²) in [6, 6.07) is 15.5. The molecule has 25 heavy (non-hydrogen) atoms. The van der Waals surface area contributed by atoms with E-state index >= 15 is 0 Å². The van der Waals surface area contributed by atoms with Gasteiger partial charge in [0.2, 0.25) is 5.91 Å². The number of fused-ring (bicyclic) bond motifs is 3. The fourth-order valence-electron chi connectivity index (χ4n) is 4.25. The highest BCUT2D eigenvalue weighted by Crippen LogP contribution is 2.48. The molecule has 124 valence electrons. The van der Waals surface area contributed by atoms with Crippen molar-refractivity contribution in [3.8, 4) is 0 Å². The number of anilines is 2. The summed E-state index contributed by atoms with van der Waals surface area (Å²) in [6.45, 7) is 0.231. The summed E-state index contributed by atoms with van der Waals surface area (Å²) in [5.74, 6) is -0.389. The summed E-state index contributed by atoms with van der Waals surface area (Å²) in [5, 5.41) is 2.89. The summed E-state index contributed by atoms with van der Waals surface area (Å²) in [7, 11) is 0. The van der Waals surface area contributed by atoms with Gasteiger partial charge in [-0.1, -0.05) is 36.4 Å². The molecule has 0 saturated carbocycles. The number of carbonyl (C=O) groups is 3. The van der Waals surface area contributed by atoms with E-state index < -0.39 is 11.5 Å². The molecule has 1 N–H and O–H groups in total. The molecule has 5 rings (SSSR count). The van der Waals surface area contributed by atoms with Gasteiger partial charge in [-0.25, -0.2) is 9.69 Å². The number of benzene rings is 2. The van der Waals surface area contributed by atoms with Gasteiger partial charge in [-0.2, -0.15) is 0 Å². The van der Waals surface area contributed by atoms with E-state index in [4.69, 9.17) is 0 Å². The fraction of sp³-hybridized carbons (Fsp3) is 0.211. The number of urea groups is 1. The average molecular weight is 333 g/mol. The normalized spacial score (nSPS) is 27.0. The zero-order chi connectivity index (χ0) is 17.2. The maximum absolute atomic E-state index is 12.9. The van der Waals surface area contributed by atoms with Crippen LogP contribution in [0.15, 0.2) is 54.6 Å². The number of hydrogen-bond acceptors (Lipinski definition) is 3. The monoisotopic (exact) mass is 333 g/mol. The number of amides is 4. The molecule has 2 atom stereocenters.